The third-order valence-corrected chi connectivity index (χ3v) is 6.04. The lowest BCUT2D eigenvalue weighted by atomic mass is 9.79. The maximum absolute atomic E-state index is 13.4. The topological polar surface area (TPSA) is 92.3 Å². The van der Waals surface area contributed by atoms with Gasteiger partial charge in [0.25, 0.3) is 0 Å². The number of ketones is 1. The van der Waals surface area contributed by atoms with E-state index >= 15 is 0 Å². The molecular weight excluding hydrogens is 448 g/mol. The molecule has 0 bridgehead atoms. The second-order valence-corrected chi connectivity index (χ2v) is 8.06. The number of phenols is 1. The van der Waals surface area contributed by atoms with Crippen LogP contribution in [0.15, 0.2) is 46.9 Å². The molecule has 1 aliphatic rings. The standard InChI is InChI=1S/C23H21BrN2O4/c1-2-30-23(29)14-11-9-13(10-12-14)21-19-15(5-3-7-17(19)25-26-21)22(28)20-16(24)6-4-8-18(20)27/h4,6,8-12,15,27H,2-3,5,7H2,1H3,(H,25,26). The minimum absolute atomic E-state index is 0.0367. The Morgan fingerprint density at radius 2 is 2.00 bits per heavy atom. The van der Waals surface area contributed by atoms with Crippen molar-refractivity contribution in [2.75, 3.05) is 6.61 Å². The van der Waals surface area contributed by atoms with Crippen molar-refractivity contribution in [3.63, 3.8) is 0 Å². The number of phenolic OH excluding ortho intramolecular Hbond substituents is 1. The Morgan fingerprint density at radius 3 is 2.70 bits per heavy atom. The zero-order valence-corrected chi connectivity index (χ0v) is 18.0. The van der Waals surface area contributed by atoms with Gasteiger partial charge in [0.2, 0.25) is 0 Å². The normalized spacial score (nSPS) is 15.5. The summed E-state index contributed by atoms with van der Waals surface area (Å²) in [6.07, 6.45) is 2.35. The van der Waals surface area contributed by atoms with E-state index in [1.165, 1.54) is 6.07 Å². The Morgan fingerprint density at radius 1 is 1.23 bits per heavy atom. The molecule has 3 aromatic rings. The van der Waals surface area contributed by atoms with E-state index in [1.807, 2.05) is 12.1 Å². The number of hydrogen-bond donors (Lipinski definition) is 2. The Hall–Kier alpha value is -2.93. The first-order valence-electron chi connectivity index (χ1n) is 9.87. The monoisotopic (exact) mass is 468 g/mol. The van der Waals surface area contributed by atoms with Crippen LogP contribution in [0.5, 0.6) is 5.75 Å². The number of aryl methyl sites for hydroxylation is 1. The quantitative estimate of drug-likeness (QED) is 0.404. The van der Waals surface area contributed by atoms with Gasteiger partial charge in [-0.05, 0) is 66.4 Å². The van der Waals surface area contributed by atoms with E-state index in [9.17, 15) is 14.7 Å². The van der Waals surface area contributed by atoms with E-state index in [2.05, 4.69) is 26.1 Å². The fourth-order valence-electron chi connectivity index (χ4n) is 3.97. The van der Waals surface area contributed by atoms with Gasteiger partial charge < -0.3 is 9.84 Å². The molecule has 2 N–H and O–H groups in total. The lowest BCUT2D eigenvalue weighted by molar-refractivity contribution is 0.0526. The average molecular weight is 469 g/mol. The van der Waals surface area contributed by atoms with Crippen LogP contribution in [-0.2, 0) is 11.2 Å². The fourth-order valence-corrected chi connectivity index (χ4v) is 4.52. The number of Topliss-reactive ketones (excluding diaryl/α,β-unsaturated/α-hetero) is 1. The Bertz CT molecular complexity index is 1080. The highest BCUT2D eigenvalue weighted by atomic mass is 79.9. The number of benzene rings is 2. The maximum Gasteiger partial charge on any atom is 0.338 e. The molecule has 154 valence electrons. The summed E-state index contributed by atoms with van der Waals surface area (Å²) in [6, 6.07) is 12.0. The number of esters is 1. The van der Waals surface area contributed by atoms with Gasteiger partial charge in [-0.15, -0.1) is 0 Å². The maximum atomic E-state index is 13.4. The van der Waals surface area contributed by atoms with Gasteiger partial charge in [0.1, 0.15) is 5.75 Å². The van der Waals surface area contributed by atoms with Crippen LogP contribution in [-0.4, -0.2) is 33.7 Å². The van der Waals surface area contributed by atoms with Crippen molar-refractivity contribution in [3.8, 4) is 17.0 Å². The van der Waals surface area contributed by atoms with E-state index in [1.54, 1.807) is 31.2 Å². The molecule has 1 aromatic heterocycles. The highest BCUT2D eigenvalue weighted by molar-refractivity contribution is 9.10. The molecule has 0 saturated heterocycles. The molecule has 4 rings (SSSR count). The Kier molecular flexibility index (Phi) is 5.72. The molecule has 7 heteroatoms. The van der Waals surface area contributed by atoms with Crippen molar-refractivity contribution in [3.05, 3.63) is 69.3 Å². The second kappa shape index (κ2) is 8.44. The second-order valence-electron chi connectivity index (χ2n) is 7.21. The van der Waals surface area contributed by atoms with Crippen LogP contribution in [0.4, 0.5) is 0 Å². The van der Waals surface area contributed by atoms with E-state index in [4.69, 9.17) is 4.74 Å². The smallest absolute Gasteiger partial charge is 0.338 e. The molecule has 0 aliphatic heterocycles. The average Bonchev–Trinajstić information content (AvgIpc) is 3.18. The summed E-state index contributed by atoms with van der Waals surface area (Å²) in [7, 11) is 0. The summed E-state index contributed by atoms with van der Waals surface area (Å²) in [6.45, 7) is 2.08. The summed E-state index contributed by atoms with van der Waals surface area (Å²) in [4.78, 5) is 25.3. The number of aromatic nitrogens is 2. The molecule has 0 saturated carbocycles. The number of ether oxygens (including phenoxy) is 1. The highest BCUT2D eigenvalue weighted by Gasteiger charge is 2.34. The molecule has 1 heterocycles. The van der Waals surface area contributed by atoms with E-state index in [-0.39, 0.29) is 17.5 Å². The van der Waals surface area contributed by atoms with Crippen LogP contribution in [0.1, 0.15) is 57.7 Å². The lowest BCUT2D eigenvalue weighted by Gasteiger charge is -2.23. The predicted molar refractivity (Wildman–Crippen MR) is 116 cm³/mol. The molecule has 1 atom stereocenters. The van der Waals surface area contributed by atoms with Gasteiger partial charge >= 0.3 is 5.97 Å². The van der Waals surface area contributed by atoms with Gasteiger partial charge in [-0.1, -0.05) is 18.2 Å². The zero-order chi connectivity index (χ0) is 21.3. The van der Waals surface area contributed by atoms with E-state index < -0.39 is 5.92 Å². The van der Waals surface area contributed by atoms with Crippen molar-refractivity contribution in [1.29, 1.82) is 0 Å². The van der Waals surface area contributed by atoms with E-state index in [0.717, 1.165) is 29.7 Å². The van der Waals surface area contributed by atoms with Crippen molar-refractivity contribution < 1.29 is 19.4 Å². The molecule has 2 aromatic carbocycles. The van der Waals surface area contributed by atoms with Gasteiger partial charge in [0.15, 0.2) is 5.78 Å². The van der Waals surface area contributed by atoms with Gasteiger partial charge in [-0.25, -0.2) is 4.79 Å². The first-order valence-corrected chi connectivity index (χ1v) is 10.7. The number of fused-ring (bicyclic) bond motifs is 1. The van der Waals surface area contributed by atoms with Crippen LogP contribution in [0.2, 0.25) is 0 Å². The number of nitrogens with one attached hydrogen (secondary N) is 1. The molecule has 0 spiro atoms. The number of nitrogens with zero attached hydrogens (tertiary/aromatic N) is 1. The summed E-state index contributed by atoms with van der Waals surface area (Å²) in [5.41, 5.74) is 4.08. The largest absolute Gasteiger partial charge is 0.507 e. The lowest BCUT2D eigenvalue weighted by Crippen LogP contribution is -2.19. The zero-order valence-electron chi connectivity index (χ0n) is 16.4. The molecule has 1 aliphatic carbocycles. The molecule has 6 nitrogen and oxygen atoms in total. The SMILES string of the molecule is CCOC(=O)c1ccc(-c2n[nH]c3c2C(C(=O)c2c(O)cccc2Br)CCC3)cc1. The minimum atomic E-state index is -0.406. The summed E-state index contributed by atoms with van der Waals surface area (Å²) >= 11 is 3.39. The van der Waals surface area contributed by atoms with Crippen LogP contribution < -0.4 is 0 Å². The van der Waals surface area contributed by atoms with Crippen molar-refractivity contribution in [2.45, 2.75) is 32.1 Å². The summed E-state index contributed by atoms with van der Waals surface area (Å²) in [5.74, 6) is -0.945. The third-order valence-electron chi connectivity index (χ3n) is 5.37. The van der Waals surface area contributed by atoms with Crippen LogP contribution in [0.3, 0.4) is 0 Å². The van der Waals surface area contributed by atoms with Crippen LogP contribution in [0, 0.1) is 0 Å². The van der Waals surface area contributed by atoms with Crippen LogP contribution >= 0.6 is 15.9 Å². The number of hydrogen-bond acceptors (Lipinski definition) is 5. The summed E-state index contributed by atoms with van der Waals surface area (Å²) < 4.78 is 5.61. The number of carbonyl (C=O) groups excluding carboxylic acids is 2. The molecule has 1 unspecified atom stereocenters. The minimum Gasteiger partial charge on any atom is -0.507 e. The number of halogens is 1. The van der Waals surface area contributed by atoms with Crippen molar-refractivity contribution >= 4 is 27.7 Å². The first kappa shape index (κ1) is 20.3. The predicted octanol–water partition coefficient (Wildman–Crippen LogP) is 5.02. The number of aromatic amines is 1. The van der Waals surface area contributed by atoms with Crippen molar-refractivity contribution in [1.82, 2.24) is 10.2 Å². The Balaban J connectivity index is 1.72. The fraction of sp³-hybridized carbons (Fsp3) is 0.261. The molecule has 30 heavy (non-hydrogen) atoms. The van der Waals surface area contributed by atoms with Gasteiger partial charge in [-0.2, -0.15) is 5.10 Å². The highest BCUT2D eigenvalue weighted by Crippen LogP contribution is 2.41. The summed E-state index contributed by atoms with van der Waals surface area (Å²) in [5, 5.41) is 17.8. The first-order chi connectivity index (χ1) is 14.5. The van der Waals surface area contributed by atoms with E-state index in [0.29, 0.717) is 34.3 Å². The molecule has 0 fully saturated rings. The van der Waals surface area contributed by atoms with Gasteiger partial charge in [0.05, 0.1) is 29.3 Å². The Labute approximate surface area is 182 Å². The van der Waals surface area contributed by atoms with Crippen LogP contribution in [0.25, 0.3) is 11.3 Å². The number of rotatable bonds is 5. The molecule has 0 amide bonds. The van der Waals surface area contributed by atoms with Gasteiger partial charge in [0, 0.05) is 21.3 Å². The van der Waals surface area contributed by atoms with Gasteiger partial charge in [-0.3, -0.25) is 9.89 Å². The number of H-pyrrole nitrogens is 1. The number of aromatic hydroxyl groups is 1. The number of carbonyl (C=O) groups is 2. The van der Waals surface area contributed by atoms with Crippen molar-refractivity contribution in [2.24, 2.45) is 0 Å². The molecule has 0 radical (unpaired) electrons. The molecular formula is C23H21BrN2O4. The third kappa shape index (κ3) is 3.65.